The Morgan fingerprint density at radius 3 is 2.35 bits per heavy atom. The van der Waals surface area contributed by atoms with Crippen LogP contribution >= 0.6 is 0 Å². The molecule has 0 aliphatic carbocycles. The number of carbonyl (C=O) groups excluding carboxylic acids is 2. The Balaban J connectivity index is 1.89. The second-order valence-electron chi connectivity index (χ2n) is 6.12. The van der Waals surface area contributed by atoms with Crippen LogP contribution in [0.25, 0.3) is 0 Å². The van der Waals surface area contributed by atoms with E-state index < -0.39 is 0 Å². The molecule has 0 aliphatic rings. The van der Waals surface area contributed by atoms with Gasteiger partial charge in [-0.2, -0.15) is 0 Å². The predicted molar refractivity (Wildman–Crippen MR) is 103 cm³/mol. The van der Waals surface area contributed by atoms with Crippen molar-refractivity contribution in [3.8, 4) is 0 Å². The van der Waals surface area contributed by atoms with Crippen molar-refractivity contribution >= 4 is 23.3 Å². The van der Waals surface area contributed by atoms with Crippen molar-refractivity contribution in [1.82, 2.24) is 5.32 Å². The highest BCUT2D eigenvalue weighted by Crippen LogP contribution is 2.15. The second-order valence-corrected chi connectivity index (χ2v) is 6.12. The maximum absolute atomic E-state index is 12.4. The molecule has 0 aromatic heterocycles. The highest BCUT2D eigenvalue weighted by atomic mass is 16.5. The van der Waals surface area contributed by atoms with Crippen molar-refractivity contribution in [3.63, 3.8) is 0 Å². The molecule has 1 atom stereocenters. The maximum Gasteiger partial charge on any atom is 0.319 e. The monoisotopic (exact) mass is 355 g/mol. The normalized spacial score (nSPS) is 11.5. The molecule has 138 valence electrons. The van der Waals surface area contributed by atoms with Gasteiger partial charge in [0.2, 0.25) is 5.91 Å². The molecule has 0 saturated carbocycles. The minimum absolute atomic E-state index is 0.00282. The highest BCUT2D eigenvalue weighted by molar-refractivity contribution is 5.94. The molecule has 0 bridgehead atoms. The van der Waals surface area contributed by atoms with Crippen LogP contribution in [-0.4, -0.2) is 38.7 Å². The highest BCUT2D eigenvalue weighted by Gasteiger charge is 2.12. The average molecular weight is 355 g/mol. The van der Waals surface area contributed by atoms with Crippen molar-refractivity contribution in [2.45, 2.75) is 19.4 Å². The summed E-state index contributed by atoms with van der Waals surface area (Å²) < 4.78 is 4.98. The van der Waals surface area contributed by atoms with Gasteiger partial charge in [0, 0.05) is 25.5 Å². The second kappa shape index (κ2) is 9.58. The van der Waals surface area contributed by atoms with E-state index in [1.165, 1.54) is 0 Å². The van der Waals surface area contributed by atoms with Crippen LogP contribution in [0.2, 0.25) is 0 Å². The van der Waals surface area contributed by atoms with E-state index in [2.05, 4.69) is 10.6 Å². The Labute approximate surface area is 154 Å². The van der Waals surface area contributed by atoms with Crippen LogP contribution in [0.15, 0.2) is 54.6 Å². The van der Waals surface area contributed by atoms with Gasteiger partial charge in [-0.15, -0.1) is 0 Å². The van der Waals surface area contributed by atoms with Gasteiger partial charge < -0.3 is 20.3 Å². The topological polar surface area (TPSA) is 70.7 Å². The Morgan fingerprint density at radius 2 is 1.73 bits per heavy atom. The van der Waals surface area contributed by atoms with Gasteiger partial charge >= 0.3 is 6.03 Å². The molecule has 2 rings (SSSR count). The van der Waals surface area contributed by atoms with E-state index in [1.807, 2.05) is 49.4 Å². The van der Waals surface area contributed by atoms with E-state index in [-0.39, 0.29) is 18.0 Å². The summed E-state index contributed by atoms with van der Waals surface area (Å²) in [6.07, 6.45) is 0.294. The fraction of sp³-hybridized carbons (Fsp3) is 0.300. The molecule has 3 amide bonds. The lowest BCUT2D eigenvalue weighted by Gasteiger charge is -2.17. The van der Waals surface area contributed by atoms with Crippen molar-refractivity contribution in [2.24, 2.45) is 0 Å². The Hall–Kier alpha value is -2.86. The molecule has 0 aliphatic heterocycles. The average Bonchev–Trinajstić information content (AvgIpc) is 2.63. The first-order valence-corrected chi connectivity index (χ1v) is 8.46. The van der Waals surface area contributed by atoms with E-state index in [0.717, 1.165) is 11.3 Å². The van der Waals surface area contributed by atoms with Gasteiger partial charge in [-0.05, 0) is 36.8 Å². The molecule has 1 unspecified atom stereocenters. The lowest BCUT2D eigenvalue weighted by molar-refractivity contribution is -0.117. The van der Waals surface area contributed by atoms with E-state index in [9.17, 15) is 9.59 Å². The molecule has 26 heavy (non-hydrogen) atoms. The number of carbonyl (C=O) groups is 2. The third-order valence-corrected chi connectivity index (χ3v) is 3.88. The first-order valence-electron chi connectivity index (χ1n) is 8.46. The van der Waals surface area contributed by atoms with Crippen LogP contribution in [0.1, 0.15) is 12.5 Å². The van der Waals surface area contributed by atoms with E-state index in [1.54, 1.807) is 31.2 Å². The fourth-order valence-corrected chi connectivity index (χ4v) is 2.48. The number of ether oxygens (including phenoxy) is 1. The molecule has 2 N–H and O–H groups in total. The first kappa shape index (κ1) is 19.5. The molecular formula is C20H25N3O3. The number of likely N-dealkylation sites (N-methyl/N-ethyl adjacent to an activating group) is 1. The summed E-state index contributed by atoms with van der Waals surface area (Å²) >= 11 is 0. The third kappa shape index (κ3) is 5.89. The van der Waals surface area contributed by atoms with Gasteiger partial charge in [0.1, 0.15) is 0 Å². The summed E-state index contributed by atoms with van der Waals surface area (Å²) in [7, 11) is 3.35. The third-order valence-electron chi connectivity index (χ3n) is 3.88. The molecule has 6 nitrogen and oxygen atoms in total. The molecule has 2 aromatic carbocycles. The number of anilines is 2. The van der Waals surface area contributed by atoms with Gasteiger partial charge in [0.15, 0.2) is 0 Å². The van der Waals surface area contributed by atoms with Crippen LogP contribution in [0.5, 0.6) is 0 Å². The summed E-state index contributed by atoms with van der Waals surface area (Å²) in [4.78, 5) is 25.9. The van der Waals surface area contributed by atoms with Crippen molar-refractivity contribution in [1.29, 1.82) is 0 Å². The summed E-state index contributed by atoms with van der Waals surface area (Å²) in [5.74, 6) is 0.00282. The fourth-order valence-electron chi connectivity index (χ4n) is 2.48. The van der Waals surface area contributed by atoms with Crippen molar-refractivity contribution in [2.75, 3.05) is 31.0 Å². The number of nitrogens with zero attached hydrogens (tertiary/aromatic N) is 1. The molecule has 0 radical (unpaired) electrons. The number of rotatable bonds is 7. The number of hydrogen-bond acceptors (Lipinski definition) is 3. The Bertz CT molecular complexity index is 717. The SMILES string of the molecule is COCC(C)NC(=O)Nc1ccc(CC(=O)N(C)c2ccccc2)cc1. The van der Waals surface area contributed by atoms with Crippen LogP contribution in [0.4, 0.5) is 16.2 Å². The van der Waals surface area contributed by atoms with Gasteiger partial charge in [-0.3, -0.25) is 4.79 Å². The zero-order valence-electron chi connectivity index (χ0n) is 15.4. The van der Waals surface area contributed by atoms with E-state index >= 15 is 0 Å². The van der Waals surface area contributed by atoms with Gasteiger partial charge in [0.25, 0.3) is 0 Å². The summed E-state index contributed by atoms with van der Waals surface area (Å²) in [5.41, 5.74) is 2.41. The molecule has 0 saturated heterocycles. The summed E-state index contributed by atoms with van der Waals surface area (Å²) in [5, 5.41) is 5.53. The first-order chi connectivity index (χ1) is 12.5. The minimum Gasteiger partial charge on any atom is -0.383 e. The number of amides is 3. The van der Waals surface area contributed by atoms with Crippen LogP contribution < -0.4 is 15.5 Å². The van der Waals surface area contributed by atoms with Gasteiger partial charge in [0.05, 0.1) is 19.1 Å². The zero-order valence-corrected chi connectivity index (χ0v) is 15.4. The molecule has 0 spiro atoms. The largest absolute Gasteiger partial charge is 0.383 e. The molecule has 2 aromatic rings. The maximum atomic E-state index is 12.4. The number of nitrogens with one attached hydrogen (secondary N) is 2. The Kier molecular flexibility index (Phi) is 7.17. The van der Waals surface area contributed by atoms with Gasteiger partial charge in [-0.1, -0.05) is 30.3 Å². The van der Waals surface area contributed by atoms with Crippen LogP contribution in [-0.2, 0) is 16.0 Å². The van der Waals surface area contributed by atoms with Gasteiger partial charge in [-0.25, -0.2) is 4.79 Å². The van der Waals surface area contributed by atoms with Crippen molar-refractivity contribution in [3.05, 3.63) is 60.2 Å². The quantitative estimate of drug-likeness (QED) is 0.802. The predicted octanol–water partition coefficient (Wildman–Crippen LogP) is 3.05. The smallest absolute Gasteiger partial charge is 0.319 e. The lowest BCUT2D eigenvalue weighted by Crippen LogP contribution is -2.38. The van der Waals surface area contributed by atoms with Crippen LogP contribution in [0, 0.1) is 0 Å². The number of urea groups is 1. The minimum atomic E-state index is -0.290. The zero-order chi connectivity index (χ0) is 18.9. The van der Waals surface area contributed by atoms with E-state index in [4.69, 9.17) is 4.74 Å². The number of methoxy groups -OCH3 is 1. The lowest BCUT2D eigenvalue weighted by atomic mass is 10.1. The van der Waals surface area contributed by atoms with Crippen LogP contribution in [0.3, 0.4) is 0 Å². The summed E-state index contributed by atoms with van der Waals surface area (Å²) in [6, 6.07) is 16.4. The van der Waals surface area contributed by atoms with E-state index in [0.29, 0.717) is 18.7 Å². The molecule has 0 fully saturated rings. The van der Waals surface area contributed by atoms with Crippen molar-refractivity contribution < 1.29 is 14.3 Å². The standard InChI is InChI=1S/C20H25N3O3/c1-15(14-26-3)21-20(25)22-17-11-9-16(10-12-17)13-19(24)23(2)18-7-5-4-6-8-18/h4-12,15H,13-14H2,1-3H3,(H2,21,22,25). The summed E-state index contributed by atoms with van der Waals surface area (Å²) in [6.45, 7) is 2.31. The number of benzene rings is 2. The number of para-hydroxylation sites is 1. The Morgan fingerprint density at radius 1 is 1.08 bits per heavy atom. The molecule has 0 heterocycles. The molecular weight excluding hydrogens is 330 g/mol. The number of hydrogen-bond donors (Lipinski definition) is 2. The molecule has 6 heteroatoms.